The molecule has 5 fully saturated rings. The Morgan fingerprint density at radius 3 is 2.55 bits per heavy atom. The third-order valence-electron chi connectivity index (χ3n) is 16.2. The Kier molecular flexibility index (Phi) is 12.4. The van der Waals surface area contributed by atoms with Crippen molar-refractivity contribution < 1.29 is 37.5 Å². The van der Waals surface area contributed by atoms with E-state index in [1.54, 1.807) is 12.3 Å². The number of hydrogen-bond acceptors (Lipinski definition) is 14. The highest BCUT2D eigenvalue weighted by Gasteiger charge is 2.50. The summed E-state index contributed by atoms with van der Waals surface area (Å²) in [5, 5.41) is 26.7. The number of pyridine rings is 1. The Bertz CT molecular complexity index is 3000. The molecule has 3 aromatic carbocycles. The van der Waals surface area contributed by atoms with Crippen molar-refractivity contribution in [3.8, 4) is 18.2 Å². The van der Waals surface area contributed by atoms with Gasteiger partial charge in [-0.2, -0.15) is 4.98 Å². The molecule has 0 bridgehead atoms. The number of H-pyrrole nitrogens is 1. The van der Waals surface area contributed by atoms with Crippen LogP contribution in [0, 0.1) is 33.8 Å². The van der Waals surface area contributed by atoms with Crippen molar-refractivity contribution in [3.63, 3.8) is 0 Å². The largest absolute Gasteiger partial charge is 0.468 e. The van der Waals surface area contributed by atoms with Gasteiger partial charge in [0.05, 0.1) is 58.6 Å². The first kappa shape index (κ1) is 47.1. The number of hydrogen-bond donors (Lipinski definition) is 4. The number of terminal acetylenes is 1. The van der Waals surface area contributed by atoms with E-state index in [-0.39, 0.29) is 34.7 Å². The second-order valence-electron chi connectivity index (χ2n) is 20.7. The highest BCUT2D eigenvalue weighted by molar-refractivity contribution is 7.90. The molecule has 71 heavy (non-hydrogen) atoms. The molecule has 2 saturated carbocycles. The van der Waals surface area contributed by atoms with Crippen LogP contribution in [-0.4, -0.2) is 116 Å². The monoisotopic (exact) mass is 984 g/mol. The number of morpholine rings is 1. The van der Waals surface area contributed by atoms with Gasteiger partial charge in [0.2, 0.25) is 5.88 Å². The van der Waals surface area contributed by atoms with Gasteiger partial charge in [-0.05, 0) is 130 Å². The molecule has 6 heterocycles. The first-order valence-corrected chi connectivity index (χ1v) is 26.4. The third kappa shape index (κ3) is 9.18. The maximum Gasteiger partial charge on any atom is 0.293 e. The zero-order valence-electron chi connectivity index (χ0n) is 39.8. The molecule has 372 valence electrons. The van der Waals surface area contributed by atoms with E-state index in [1.807, 2.05) is 49.4 Å². The van der Waals surface area contributed by atoms with Gasteiger partial charge in [0.15, 0.2) is 0 Å². The highest BCUT2D eigenvalue weighted by atomic mass is 32.2. The summed E-state index contributed by atoms with van der Waals surface area (Å²) < 4.78 is 49.0. The number of nitrogens with one attached hydrogen (secondary N) is 3. The lowest BCUT2D eigenvalue weighted by Gasteiger charge is -2.57. The number of anilines is 4. The summed E-state index contributed by atoms with van der Waals surface area (Å²) in [5.74, 6) is 2.54. The van der Waals surface area contributed by atoms with Gasteiger partial charge in [0.25, 0.3) is 21.6 Å². The summed E-state index contributed by atoms with van der Waals surface area (Å²) in [7, 11) is -4.63. The summed E-state index contributed by atoms with van der Waals surface area (Å²) in [6, 6.07) is 21.5. The van der Waals surface area contributed by atoms with E-state index in [0.29, 0.717) is 81.2 Å². The number of nitro benzene ring substituents is 1. The number of ether oxygens (including phenoxy) is 3. The van der Waals surface area contributed by atoms with Gasteiger partial charge in [0.1, 0.15) is 23.1 Å². The van der Waals surface area contributed by atoms with Gasteiger partial charge < -0.3 is 39.4 Å². The van der Waals surface area contributed by atoms with Crippen LogP contribution in [0.4, 0.5) is 28.4 Å². The predicted molar refractivity (Wildman–Crippen MR) is 269 cm³/mol. The lowest BCUT2D eigenvalue weighted by atomic mass is 9.59. The molecular weight excluding hydrogens is 925 g/mol. The van der Waals surface area contributed by atoms with Crippen LogP contribution in [-0.2, 0) is 19.5 Å². The lowest BCUT2D eigenvalue weighted by Crippen LogP contribution is -2.58. The fourth-order valence-corrected chi connectivity index (χ4v) is 13.1. The number of carbonyl (C=O) groups excluding carboxylic acids is 1. The Hall–Kier alpha value is -6.23. The number of nitrogens with zero attached hydrogens (tertiary/aromatic N) is 5. The molecule has 3 atom stereocenters. The number of aliphatic hydroxyl groups is 1. The number of nitro groups is 1. The number of amides is 1. The van der Waals surface area contributed by atoms with Gasteiger partial charge in [0, 0.05) is 67.7 Å². The molecule has 1 amide bonds. The maximum atomic E-state index is 14.7. The van der Waals surface area contributed by atoms with Crippen molar-refractivity contribution in [2.24, 2.45) is 11.3 Å². The smallest absolute Gasteiger partial charge is 0.293 e. The molecule has 6 aliphatic rings. The van der Waals surface area contributed by atoms with Crippen molar-refractivity contribution in [2.75, 3.05) is 67.7 Å². The molecular formula is C53H60N8O9S. The number of aromatic nitrogens is 2. The van der Waals surface area contributed by atoms with Gasteiger partial charge in [-0.1, -0.05) is 24.1 Å². The molecule has 2 aliphatic carbocycles. The number of sulfonamides is 1. The van der Waals surface area contributed by atoms with Crippen molar-refractivity contribution in [2.45, 2.75) is 99.4 Å². The summed E-state index contributed by atoms with van der Waals surface area (Å²) in [6.07, 6.45) is 14.8. The molecule has 18 heteroatoms. The molecule has 3 saturated heterocycles. The van der Waals surface area contributed by atoms with Crippen molar-refractivity contribution in [3.05, 3.63) is 106 Å². The fourth-order valence-electron chi connectivity index (χ4n) is 12.1. The van der Waals surface area contributed by atoms with Gasteiger partial charge in [-0.3, -0.25) is 19.8 Å². The minimum Gasteiger partial charge on any atom is -0.468 e. The second-order valence-corrected chi connectivity index (χ2v) is 22.4. The van der Waals surface area contributed by atoms with Crippen molar-refractivity contribution in [1.82, 2.24) is 19.6 Å². The number of carbonyl (C=O) groups is 1. The molecule has 4 N–H and O–H groups in total. The van der Waals surface area contributed by atoms with Crippen LogP contribution in [0.1, 0.15) is 92.2 Å². The van der Waals surface area contributed by atoms with Crippen LogP contribution < -0.4 is 24.6 Å². The third-order valence-corrected chi connectivity index (χ3v) is 17.5. The molecule has 0 radical (unpaired) electrons. The van der Waals surface area contributed by atoms with Crippen LogP contribution in [0.5, 0.6) is 5.88 Å². The molecule has 0 unspecified atom stereocenters. The zero-order valence-corrected chi connectivity index (χ0v) is 40.7. The number of rotatable bonds is 11. The number of aromatic amines is 1. The van der Waals surface area contributed by atoms with E-state index in [0.717, 1.165) is 86.4 Å². The molecule has 5 aromatic rings. The summed E-state index contributed by atoms with van der Waals surface area (Å²) in [5.41, 5.74) is 4.05. The Labute approximate surface area is 413 Å². The van der Waals surface area contributed by atoms with Gasteiger partial charge in [-0.25, -0.2) is 13.1 Å². The van der Waals surface area contributed by atoms with Gasteiger partial charge in [-0.15, -0.1) is 6.42 Å². The van der Waals surface area contributed by atoms with Crippen LogP contribution in [0.15, 0.2) is 83.9 Å². The van der Waals surface area contributed by atoms with E-state index in [4.69, 9.17) is 25.6 Å². The average molecular weight is 985 g/mol. The number of piperidine rings is 1. The average Bonchev–Trinajstić information content (AvgIpc) is 3.83. The van der Waals surface area contributed by atoms with Crippen LogP contribution in [0.3, 0.4) is 0 Å². The predicted octanol–water partition coefficient (Wildman–Crippen LogP) is 7.43. The number of benzene rings is 3. The summed E-state index contributed by atoms with van der Waals surface area (Å²) >= 11 is 0. The highest BCUT2D eigenvalue weighted by Crippen LogP contribution is 2.54. The summed E-state index contributed by atoms with van der Waals surface area (Å²) in [4.78, 5) is 41.0. The van der Waals surface area contributed by atoms with Crippen molar-refractivity contribution >= 4 is 55.4 Å². The fraction of sp³-hybridized carbons (Fsp3) is 0.472. The lowest BCUT2D eigenvalue weighted by molar-refractivity contribution is -0.384. The number of fused-ring (bicyclic) bond motifs is 3. The first-order chi connectivity index (χ1) is 34.3. The van der Waals surface area contributed by atoms with E-state index in [9.17, 15) is 28.4 Å². The first-order valence-electron chi connectivity index (χ1n) is 24.9. The SMILES string of the molecule is C#Cc1ccccc1[C@@H]1COCCN1C1CC2(CCN(c3ccc(C(=O)NS(=O)(=O)c4ccc(NC[C@H]5CC[C@](C)(O)CC5)c([N+](=O)[O-])c4)c(N4c5cc6cc[nH]c6nc5O[C@H]5COCC[C@@H]54)c3)CC2)C1. The van der Waals surface area contributed by atoms with Gasteiger partial charge >= 0.3 is 0 Å². The Morgan fingerprint density at radius 1 is 0.972 bits per heavy atom. The second kappa shape index (κ2) is 18.7. The maximum absolute atomic E-state index is 14.7. The minimum atomic E-state index is -4.63. The molecule has 17 nitrogen and oxygen atoms in total. The Morgan fingerprint density at radius 2 is 1.76 bits per heavy atom. The van der Waals surface area contributed by atoms with E-state index in [1.165, 1.54) is 12.1 Å². The van der Waals surface area contributed by atoms with E-state index in [2.05, 4.69) is 41.7 Å². The topological polar surface area (TPSA) is 205 Å². The van der Waals surface area contributed by atoms with Crippen LogP contribution >= 0.6 is 0 Å². The van der Waals surface area contributed by atoms with Crippen molar-refractivity contribution in [1.29, 1.82) is 0 Å². The zero-order chi connectivity index (χ0) is 49.1. The summed E-state index contributed by atoms with van der Waals surface area (Å²) in [6.45, 7) is 6.78. The minimum absolute atomic E-state index is 0.102. The van der Waals surface area contributed by atoms with E-state index < -0.39 is 43.1 Å². The van der Waals surface area contributed by atoms with Crippen LogP contribution in [0.25, 0.3) is 11.0 Å². The van der Waals surface area contributed by atoms with Crippen LogP contribution in [0.2, 0.25) is 0 Å². The standard InChI is InChI=1S/C53H60N8O9S/c1-3-35-6-4-5-7-40(35)47-32-69-25-23-59(47)38-29-53(30-38)18-21-58(22-19-53)37-8-10-41(44(27-37)60-43-15-24-68-33-48(43)70-51-46(60)26-36-14-20-54-49(36)56-51)50(62)57-71(66,67)39-9-11-42(45(28-39)61(64)65)55-31-34-12-16-52(2,63)17-13-34/h1,4-11,14,20,26-28,34,38,43,47-48,55,63H,12-13,15-19,21-25,29-33H2,2H3,(H,54,56)(H,57,62)/t34-,43-,47-,48-,52-/m0/s1. The molecule has 11 rings (SSSR count). The quantitative estimate of drug-likeness (QED) is 0.0578. The molecule has 4 aliphatic heterocycles. The normalized spacial score (nSPS) is 25.6. The Balaban J connectivity index is 0.867. The van der Waals surface area contributed by atoms with E-state index >= 15 is 0 Å². The molecule has 2 aromatic heterocycles. The molecule has 1 spiro atoms.